The highest BCUT2D eigenvalue weighted by Crippen LogP contribution is 2.42. The van der Waals surface area contributed by atoms with Gasteiger partial charge in [-0.15, -0.1) is 11.1 Å². The third-order valence-corrected chi connectivity index (χ3v) is 4.49. The standard InChI is InChI=1S/C14H14N2S/c1-2-6-12(7-3-1)10-16-17-11-15-13-8-4-5-9-14(13)17/h1-9,11,16-17H,10H2. The van der Waals surface area contributed by atoms with Crippen molar-refractivity contribution >= 4 is 22.3 Å². The number of thiol groups is 1. The first-order valence-corrected chi connectivity index (χ1v) is 7.04. The topological polar surface area (TPSA) is 24.4 Å². The Balaban J connectivity index is 1.70. The fraction of sp³-hybridized carbons (Fsp3) is 0.0714. The summed E-state index contributed by atoms with van der Waals surface area (Å²) in [7, 11) is 0. The minimum Gasteiger partial charge on any atom is -0.270 e. The third kappa shape index (κ3) is 2.25. The number of rotatable bonds is 3. The van der Waals surface area contributed by atoms with E-state index in [0.29, 0.717) is 0 Å². The van der Waals surface area contributed by atoms with Gasteiger partial charge in [-0.05, 0) is 17.7 Å². The van der Waals surface area contributed by atoms with Gasteiger partial charge in [0.25, 0.3) is 0 Å². The predicted molar refractivity (Wildman–Crippen MR) is 75.1 cm³/mol. The molecule has 1 N–H and O–H groups in total. The smallest absolute Gasteiger partial charge is 0.0769 e. The maximum absolute atomic E-state index is 4.43. The van der Waals surface area contributed by atoms with Crippen LogP contribution in [0.1, 0.15) is 5.56 Å². The monoisotopic (exact) mass is 242 g/mol. The van der Waals surface area contributed by atoms with Crippen molar-refractivity contribution in [3.05, 3.63) is 60.2 Å². The molecule has 2 aromatic carbocycles. The molecule has 0 fully saturated rings. The number of nitrogens with zero attached hydrogens (tertiary/aromatic N) is 1. The van der Waals surface area contributed by atoms with Crippen LogP contribution in [0.4, 0.5) is 5.69 Å². The molecule has 2 aromatic rings. The minimum absolute atomic E-state index is 0.426. The largest absolute Gasteiger partial charge is 0.270 e. The van der Waals surface area contributed by atoms with Crippen molar-refractivity contribution in [2.75, 3.05) is 0 Å². The van der Waals surface area contributed by atoms with Crippen LogP contribution in [0.3, 0.4) is 0 Å². The molecular formula is C14H14N2S. The number of hydrogen-bond acceptors (Lipinski definition) is 2. The summed E-state index contributed by atoms with van der Waals surface area (Å²) >= 11 is -0.426. The van der Waals surface area contributed by atoms with Gasteiger partial charge in [0.15, 0.2) is 0 Å². The van der Waals surface area contributed by atoms with Crippen LogP contribution >= 0.6 is 11.1 Å². The Bertz CT molecular complexity index is 537. The van der Waals surface area contributed by atoms with E-state index < -0.39 is 11.1 Å². The number of nitrogens with one attached hydrogen (secondary N) is 1. The van der Waals surface area contributed by atoms with Gasteiger partial charge in [0.2, 0.25) is 0 Å². The van der Waals surface area contributed by atoms with E-state index in [4.69, 9.17) is 0 Å². The lowest BCUT2D eigenvalue weighted by molar-refractivity contribution is 0.973. The van der Waals surface area contributed by atoms with Crippen molar-refractivity contribution in [3.8, 4) is 0 Å². The Labute approximate surface area is 104 Å². The zero-order valence-electron chi connectivity index (χ0n) is 9.38. The molecule has 1 atom stereocenters. The number of fused-ring (bicyclic) bond motifs is 1. The molecule has 17 heavy (non-hydrogen) atoms. The zero-order valence-corrected chi connectivity index (χ0v) is 10.3. The van der Waals surface area contributed by atoms with Gasteiger partial charge in [0.05, 0.1) is 11.2 Å². The van der Waals surface area contributed by atoms with Crippen LogP contribution in [-0.2, 0) is 6.54 Å². The Morgan fingerprint density at radius 3 is 2.59 bits per heavy atom. The second-order valence-corrected chi connectivity index (χ2v) is 5.69. The molecule has 0 amide bonds. The molecule has 3 rings (SSSR count). The molecule has 0 radical (unpaired) electrons. The normalized spacial score (nSPS) is 19.2. The highest BCUT2D eigenvalue weighted by Gasteiger charge is 2.13. The average molecular weight is 242 g/mol. The van der Waals surface area contributed by atoms with E-state index in [1.54, 1.807) is 0 Å². The van der Waals surface area contributed by atoms with Crippen LogP contribution in [0.25, 0.3) is 0 Å². The van der Waals surface area contributed by atoms with Gasteiger partial charge in [0, 0.05) is 11.4 Å². The van der Waals surface area contributed by atoms with Crippen molar-refractivity contribution in [3.63, 3.8) is 0 Å². The number of hydrogen-bond donors (Lipinski definition) is 2. The van der Waals surface area contributed by atoms with Crippen molar-refractivity contribution < 1.29 is 0 Å². The second-order valence-electron chi connectivity index (χ2n) is 3.92. The molecule has 1 unspecified atom stereocenters. The van der Waals surface area contributed by atoms with Gasteiger partial charge in [-0.2, -0.15) is 0 Å². The van der Waals surface area contributed by atoms with Gasteiger partial charge >= 0.3 is 0 Å². The van der Waals surface area contributed by atoms with Gasteiger partial charge < -0.3 is 0 Å². The molecule has 1 aliphatic heterocycles. The molecule has 1 heterocycles. The lowest BCUT2D eigenvalue weighted by Crippen LogP contribution is -2.09. The highest BCUT2D eigenvalue weighted by molar-refractivity contribution is 8.27. The SMILES string of the molecule is C1=Nc2ccccc2[SH]1NCc1ccccc1. The molecule has 0 saturated carbocycles. The van der Waals surface area contributed by atoms with E-state index in [2.05, 4.69) is 52.2 Å². The summed E-state index contributed by atoms with van der Waals surface area (Å²) in [4.78, 5) is 5.77. The summed E-state index contributed by atoms with van der Waals surface area (Å²) in [5.74, 6) is 0. The first-order valence-electron chi connectivity index (χ1n) is 5.63. The molecule has 0 saturated heterocycles. The van der Waals surface area contributed by atoms with E-state index in [0.717, 1.165) is 12.2 Å². The van der Waals surface area contributed by atoms with Crippen LogP contribution < -0.4 is 4.72 Å². The van der Waals surface area contributed by atoms with Crippen LogP contribution in [-0.4, -0.2) is 5.55 Å². The summed E-state index contributed by atoms with van der Waals surface area (Å²) in [5, 5.41) is 0. The van der Waals surface area contributed by atoms with E-state index in [9.17, 15) is 0 Å². The second kappa shape index (κ2) is 4.73. The average Bonchev–Trinajstić information content (AvgIpc) is 2.81. The molecule has 0 bridgehead atoms. The van der Waals surface area contributed by atoms with Crippen molar-refractivity contribution in [1.82, 2.24) is 4.72 Å². The van der Waals surface area contributed by atoms with E-state index in [1.165, 1.54) is 10.5 Å². The maximum Gasteiger partial charge on any atom is 0.0769 e. The van der Waals surface area contributed by atoms with Crippen molar-refractivity contribution in [2.24, 2.45) is 4.99 Å². The Kier molecular flexibility index (Phi) is 2.94. The minimum atomic E-state index is -0.426. The molecule has 3 heteroatoms. The first kappa shape index (κ1) is 10.6. The molecule has 86 valence electrons. The molecule has 0 spiro atoms. The van der Waals surface area contributed by atoms with E-state index in [-0.39, 0.29) is 0 Å². The molecule has 0 aliphatic carbocycles. The molecular weight excluding hydrogens is 228 g/mol. The summed E-state index contributed by atoms with van der Waals surface area (Å²) in [5.41, 5.74) is 4.47. The van der Waals surface area contributed by atoms with E-state index in [1.807, 2.05) is 17.7 Å². The lowest BCUT2D eigenvalue weighted by Gasteiger charge is -2.15. The first-order chi connectivity index (χ1) is 8.43. The molecule has 1 aliphatic rings. The van der Waals surface area contributed by atoms with Crippen molar-refractivity contribution in [2.45, 2.75) is 11.4 Å². The van der Waals surface area contributed by atoms with Gasteiger partial charge in [-0.25, -0.2) is 4.99 Å². The Morgan fingerprint density at radius 2 is 1.71 bits per heavy atom. The van der Waals surface area contributed by atoms with Crippen LogP contribution in [0.2, 0.25) is 0 Å². The van der Waals surface area contributed by atoms with Gasteiger partial charge in [-0.1, -0.05) is 42.5 Å². The molecule has 2 nitrogen and oxygen atoms in total. The summed E-state index contributed by atoms with van der Waals surface area (Å²) in [6, 6.07) is 18.8. The van der Waals surface area contributed by atoms with Crippen LogP contribution in [0.15, 0.2) is 64.5 Å². The Morgan fingerprint density at radius 1 is 0.941 bits per heavy atom. The van der Waals surface area contributed by atoms with Crippen molar-refractivity contribution in [1.29, 1.82) is 0 Å². The zero-order chi connectivity index (χ0) is 11.5. The van der Waals surface area contributed by atoms with Gasteiger partial charge in [-0.3, -0.25) is 4.72 Å². The lowest BCUT2D eigenvalue weighted by atomic mass is 10.2. The highest BCUT2D eigenvalue weighted by atomic mass is 32.2. The number of benzene rings is 2. The van der Waals surface area contributed by atoms with E-state index >= 15 is 0 Å². The predicted octanol–water partition coefficient (Wildman–Crippen LogP) is 3.42. The third-order valence-electron chi connectivity index (χ3n) is 2.75. The molecule has 0 aromatic heterocycles. The van der Waals surface area contributed by atoms with Crippen LogP contribution in [0.5, 0.6) is 0 Å². The summed E-state index contributed by atoms with van der Waals surface area (Å²) in [6.07, 6.45) is 0. The quantitative estimate of drug-likeness (QED) is 0.792. The van der Waals surface area contributed by atoms with Gasteiger partial charge in [0.1, 0.15) is 0 Å². The Hall–Kier alpha value is -1.58. The van der Waals surface area contributed by atoms with Crippen LogP contribution in [0, 0.1) is 0 Å². The fourth-order valence-electron chi connectivity index (χ4n) is 1.86. The number of para-hydroxylation sites is 1. The maximum atomic E-state index is 4.43. The summed E-state index contributed by atoms with van der Waals surface area (Å²) in [6.45, 7) is 0.896. The fourth-order valence-corrected chi connectivity index (χ4v) is 3.45. The summed E-state index contributed by atoms with van der Waals surface area (Å²) < 4.78 is 3.57. The number of aliphatic imine (C=N–C) groups is 1.